The predicted molar refractivity (Wildman–Crippen MR) is 224 cm³/mol. The summed E-state index contributed by atoms with van der Waals surface area (Å²) in [6, 6.07) is 1.66. The second-order valence-corrected chi connectivity index (χ2v) is 17.0. The average molecular weight is 765 g/mol. The molecule has 55 heavy (non-hydrogen) atoms. The lowest BCUT2D eigenvalue weighted by molar-refractivity contribution is -0.132. The van der Waals surface area contributed by atoms with Gasteiger partial charge in [-0.3, -0.25) is 9.59 Å². The van der Waals surface area contributed by atoms with E-state index in [9.17, 15) is 24.9 Å². The Kier molecular flexibility index (Phi) is 19.8. The molecule has 0 amide bonds. The molecule has 2 heterocycles. The number of rotatable bonds is 31. The number of benzene rings is 1. The summed E-state index contributed by atoms with van der Waals surface area (Å²) >= 11 is 0. The van der Waals surface area contributed by atoms with E-state index < -0.39 is 11.6 Å². The van der Waals surface area contributed by atoms with E-state index in [0.29, 0.717) is 60.4 Å². The van der Waals surface area contributed by atoms with Crippen molar-refractivity contribution in [3.63, 3.8) is 0 Å². The van der Waals surface area contributed by atoms with Gasteiger partial charge in [0, 0.05) is 27.8 Å². The zero-order valence-corrected chi connectivity index (χ0v) is 35.2. The number of aliphatic hydroxyl groups is 1. The second-order valence-electron chi connectivity index (χ2n) is 17.0. The van der Waals surface area contributed by atoms with Gasteiger partial charge in [0.15, 0.2) is 0 Å². The van der Waals surface area contributed by atoms with Crippen LogP contribution in [0.1, 0.15) is 211 Å². The van der Waals surface area contributed by atoms with Gasteiger partial charge in [0.2, 0.25) is 11.6 Å². The van der Waals surface area contributed by atoms with E-state index in [2.05, 4.69) is 13.8 Å². The molecule has 2 saturated heterocycles. The van der Waals surface area contributed by atoms with Gasteiger partial charge in [-0.15, -0.1) is 0 Å². The van der Waals surface area contributed by atoms with Crippen LogP contribution in [0, 0.1) is 6.92 Å². The molecule has 2 aliphatic heterocycles. The summed E-state index contributed by atoms with van der Waals surface area (Å²) in [4.78, 5) is 26.4. The fourth-order valence-corrected chi connectivity index (χ4v) is 8.64. The number of carbonyl (C=O) groups excluding carboxylic acids is 2. The van der Waals surface area contributed by atoms with Crippen molar-refractivity contribution in [3.05, 3.63) is 39.7 Å². The van der Waals surface area contributed by atoms with Crippen LogP contribution in [-0.4, -0.2) is 51.3 Å². The highest BCUT2D eigenvalue weighted by Crippen LogP contribution is 2.44. The minimum absolute atomic E-state index is 0.00535. The molecule has 1 aliphatic carbocycles. The first kappa shape index (κ1) is 45.1. The van der Waals surface area contributed by atoms with Crippen molar-refractivity contribution in [3.8, 4) is 11.5 Å². The second kappa shape index (κ2) is 24.2. The van der Waals surface area contributed by atoms with Crippen LogP contribution in [0.2, 0.25) is 0 Å². The van der Waals surface area contributed by atoms with Crippen LogP contribution < -0.4 is 0 Å². The quantitative estimate of drug-likeness (QED) is 0.0298. The summed E-state index contributed by atoms with van der Waals surface area (Å²) in [5.74, 6) is -1.67. The molecule has 1 aromatic rings. The average Bonchev–Trinajstić information content (AvgIpc) is 4.11. The van der Waals surface area contributed by atoms with E-state index >= 15 is 0 Å². The number of hydrogen-bond donors (Lipinski definition) is 3. The van der Waals surface area contributed by atoms with Crippen molar-refractivity contribution in [2.24, 2.45) is 0 Å². The summed E-state index contributed by atoms with van der Waals surface area (Å²) in [5, 5.41) is 33.5. The minimum Gasteiger partial charge on any atom is -0.508 e. The zero-order chi connectivity index (χ0) is 39.6. The van der Waals surface area contributed by atoms with Crippen LogP contribution in [0.15, 0.2) is 23.0 Å². The maximum Gasteiger partial charge on any atom is 0.232 e. The maximum atomic E-state index is 13.5. The largest absolute Gasteiger partial charge is 0.508 e. The van der Waals surface area contributed by atoms with Gasteiger partial charge in [-0.1, -0.05) is 142 Å². The Morgan fingerprint density at radius 2 is 0.927 bits per heavy atom. The molecule has 0 spiro atoms. The van der Waals surface area contributed by atoms with E-state index in [1.54, 1.807) is 13.0 Å². The molecule has 3 N–H and O–H groups in total. The number of Topliss-reactive ketones (excluding diaryl/α,β-unsaturated/α-hetero) is 2. The van der Waals surface area contributed by atoms with Crippen LogP contribution in [0.4, 0.5) is 0 Å². The number of hydrogen-bond acceptors (Lipinski definition) is 7. The number of ether oxygens (including phenoxy) is 2. The monoisotopic (exact) mass is 765 g/mol. The molecule has 310 valence electrons. The minimum atomic E-state index is -0.682. The molecular formula is C48H76O7. The first-order valence-corrected chi connectivity index (χ1v) is 22.8. The molecule has 0 saturated carbocycles. The number of epoxide rings is 2. The van der Waals surface area contributed by atoms with Crippen LogP contribution in [0.5, 0.6) is 11.5 Å². The number of aromatic hydroxyl groups is 2. The van der Waals surface area contributed by atoms with Crippen molar-refractivity contribution in [1.29, 1.82) is 0 Å². The lowest BCUT2D eigenvalue weighted by atomic mass is 9.80. The summed E-state index contributed by atoms with van der Waals surface area (Å²) in [7, 11) is 0. The molecule has 3 aliphatic rings. The van der Waals surface area contributed by atoms with Gasteiger partial charge in [-0.25, -0.2) is 0 Å². The van der Waals surface area contributed by atoms with Crippen LogP contribution in [0.3, 0.4) is 0 Å². The third-order valence-electron chi connectivity index (χ3n) is 12.5. The molecule has 7 nitrogen and oxygen atoms in total. The highest BCUT2D eigenvalue weighted by atomic mass is 16.6. The molecule has 2 fully saturated rings. The summed E-state index contributed by atoms with van der Waals surface area (Å²) in [6.07, 6.45) is 33.4. The third kappa shape index (κ3) is 14.4. The Hall–Kier alpha value is -2.64. The number of allylic oxidation sites excluding steroid dienone is 3. The number of ketones is 2. The molecule has 1 aromatic carbocycles. The van der Waals surface area contributed by atoms with Gasteiger partial charge in [0.05, 0.1) is 24.4 Å². The highest BCUT2D eigenvalue weighted by molar-refractivity contribution is 6.52. The molecule has 0 aromatic heterocycles. The lowest BCUT2D eigenvalue weighted by Gasteiger charge is -2.24. The number of aryl methyl sites for hydroxylation is 1. The Morgan fingerprint density at radius 1 is 0.527 bits per heavy atom. The number of phenolic OH excluding ortho intramolecular Hbond substituents is 2. The summed E-state index contributed by atoms with van der Waals surface area (Å²) < 4.78 is 11.8. The van der Waals surface area contributed by atoms with Gasteiger partial charge in [0.1, 0.15) is 17.3 Å². The SMILES string of the molecule is CCCCCCCCC1OC1CCCCCCCC1=C(c2c(CCCCCCCC3OC3CCCCCCCC)cc(O)c(C)c2O)C(O)=C(C)C(=O)C1=O. The normalized spacial score (nSPS) is 20.9. The Bertz CT molecular complexity index is 1420. The van der Waals surface area contributed by atoms with Crippen molar-refractivity contribution in [2.75, 3.05) is 0 Å². The first-order valence-electron chi connectivity index (χ1n) is 22.8. The highest BCUT2D eigenvalue weighted by Gasteiger charge is 2.38. The summed E-state index contributed by atoms with van der Waals surface area (Å²) in [5.41, 5.74) is 1.91. The standard InChI is InChI=1S/C48H76O7/c1-5-7-9-11-17-23-29-39-41(54-39)31-25-19-13-15-21-27-36-33-38(49)34(3)45(50)43(36)44-37(48(53)47(52)35(4)46(44)51)28-22-16-14-20-26-32-42-40(55-42)30-24-18-12-10-8-6-2/h33,39-42,49-51H,5-32H2,1-4H3. The van der Waals surface area contributed by atoms with E-state index in [0.717, 1.165) is 70.6 Å². The van der Waals surface area contributed by atoms with E-state index in [1.807, 2.05) is 0 Å². The van der Waals surface area contributed by atoms with Crippen molar-refractivity contribution in [1.82, 2.24) is 0 Å². The smallest absolute Gasteiger partial charge is 0.232 e. The molecule has 0 bridgehead atoms. The third-order valence-corrected chi connectivity index (χ3v) is 12.5. The fourth-order valence-electron chi connectivity index (χ4n) is 8.64. The lowest BCUT2D eigenvalue weighted by Crippen LogP contribution is -2.25. The molecular weight excluding hydrogens is 689 g/mol. The van der Waals surface area contributed by atoms with Crippen molar-refractivity contribution < 1.29 is 34.4 Å². The number of unbranched alkanes of at least 4 members (excludes halogenated alkanes) is 18. The maximum absolute atomic E-state index is 13.5. The van der Waals surface area contributed by atoms with Crippen molar-refractivity contribution in [2.45, 2.75) is 232 Å². The van der Waals surface area contributed by atoms with Gasteiger partial charge in [-0.2, -0.15) is 0 Å². The van der Waals surface area contributed by atoms with Crippen molar-refractivity contribution >= 4 is 17.1 Å². The fraction of sp³-hybridized carbons (Fsp3) is 0.750. The number of phenols is 2. The molecule has 4 atom stereocenters. The van der Waals surface area contributed by atoms with Crippen LogP contribution in [0.25, 0.3) is 5.57 Å². The molecule has 0 radical (unpaired) electrons. The van der Waals surface area contributed by atoms with E-state index in [1.165, 1.54) is 96.8 Å². The van der Waals surface area contributed by atoms with Crippen LogP contribution in [-0.2, 0) is 25.5 Å². The number of aliphatic hydroxyl groups excluding tert-OH is 1. The van der Waals surface area contributed by atoms with Gasteiger partial charge in [0.25, 0.3) is 0 Å². The Balaban J connectivity index is 1.23. The van der Waals surface area contributed by atoms with Gasteiger partial charge in [-0.05, 0) is 76.8 Å². The summed E-state index contributed by atoms with van der Waals surface area (Å²) in [6.45, 7) is 7.61. The molecule has 4 unspecified atom stereocenters. The molecule has 7 heteroatoms. The Labute approximate surface area is 333 Å². The zero-order valence-electron chi connectivity index (χ0n) is 35.2. The topological polar surface area (TPSA) is 120 Å². The first-order chi connectivity index (χ1) is 26.7. The predicted octanol–water partition coefficient (Wildman–Crippen LogP) is 12.8. The van der Waals surface area contributed by atoms with E-state index in [-0.39, 0.29) is 34.0 Å². The van der Waals surface area contributed by atoms with Gasteiger partial charge >= 0.3 is 0 Å². The Morgan fingerprint density at radius 3 is 1.38 bits per heavy atom. The molecule has 4 rings (SSSR count). The van der Waals surface area contributed by atoms with Crippen LogP contribution >= 0.6 is 0 Å². The number of carbonyl (C=O) groups is 2. The van der Waals surface area contributed by atoms with E-state index in [4.69, 9.17) is 9.47 Å². The van der Waals surface area contributed by atoms with Gasteiger partial charge < -0.3 is 24.8 Å².